The minimum absolute atomic E-state index is 0.0466. The highest BCUT2D eigenvalue weighted by molar-refractivity contribution is 7.92. The average Bonchev–Trinajstić information content (AvgIpc) is 3.39. The van der Waals surface area contributed by atoms with Gasteiger partial charge in [0.15, 0.2) is 22.7 Å². The van der Waals surface area contributed by atoms with Crippen molar-refractivity contribution in [3.05, 3.63) is 23.2 Å². The quantitative estimate of drug-likeness (QED) is 0.520. The summed E-state index contributed by atoms with van der Waals surface area (Å²) in [6.45, 7) is 1.75. The molecular weight excluding hydrogens is 527 g/mol. The summed E-state index contributed by atoms with van der Waals surface area (Å²) in [4.78, 5) is 26.0. The van der Waals surface area contributed by atoms with Crippen molar-refractivity contribution in [2.24, 2.45) is 5.92 Å². The topological polar surface area (TPSA) is 126 Å². The number of halogens is 4. The fourth-order valence-corrected chi connectivity index (χ4v) is 5.93. The first-order valence-corrected chi connectivity index (χ1v) is 13.0. The third-order valence-electron chi connectivity index (χ3n) is 5.72. The van der Waals surface area contributed by atoms with Crippen LogP contribution in [0, 0.1) is 17.2 Å². The van der Waals surface area contributed by atoms with E-state index in [4.69, 9.17) is 21.6 Å². The number of amides is 2. The second kappa shape index (κ2) is 10.3. The second-order valence-electron chi connectivity index (χ2n) is 9.22. The lowest BCUT2D eigenvalue weighted by atomic mass is 10.1. The van der Waals surface area contributed by atoms with Crippen LogP contribution in [0.2, 0.25) is 5.02 Å². The van der Waals surface area contributed by atoms with Crippen LogP contribution in [0.1, 0.15) is 39.5 Å². The molecule has 2 atom stereocenters. The standard InChI is InChI=1S/C22H25ClF3N3O6S/c1-13(2)7-18(30)29-10-15(9-19(29)35-20(31)28-21(11-27)5-6-21)36(32,33)17-4-3-14(8-16(17)23)34-12-22(24,25)26/h3-4,8,13,15,19H,5-7,9-10,12H2,1-2H3,(H,28,31)/t15-,19+/m1/s1. The van der Waals surface area contributed by atoms with Crippen molar-refractivity contribution >= 4 is 33.4 Å². The number of carbonyl (C=O) groups excluding carboxylic acids is 2. The van der Waals surface area contributed by atoms with E-state index in [0.29, 0.717) is 12.8 Å². The van der Waals surface area contributed by atoms with Crippen molar-refractivity contribution in [2.75, 3.05) is 13.2 Å². The number of alkyl halides is 3. The van der Waals surface area contributed by atoms with Gasteiger partial charge < -0.3 is 19.7 Å². The van der Waals surface area contributed by atoms with Crippen LogP contribution in [0.25, 0.3) is 0 Å². The molecule has 0 radical (unpaired) electrons. The molecule has 9 nitrogen and oxygen atoms in total. The normalized spacial score (nSPS) is 21.1. The second-order valence-corrected chi connectivity index (χ2v) is 11.8. The Morgan fingerprint density at radius 1 is 1.33 bits per heavy atom. The third-order valence-corrected chi connectivity index (χ3v) is 8.33. The molecule has 1 saturated carbocycles. The van der Waals surface area contributed by atoms with E-state index >= 15 is 0 Å². The third kappa shape index (κ3) is 6.73. The molecule has 1 N–H and O–H groups in total. The van der Waals surface area contributed by atoms with Crippen LogP contribution in [0.3, 0.4) is 0 Å². The number of nitrogens with zero attached hydrogens (tertiary/aromatic N) is 2. The summed E-state index contributed by atoms with van der Waals surface area (Å²) in [6.07, 6.45) is -5.97. The monoisotopic (exact) mass is 551 g/mol. The zero-order chi connectivity index (χ0) is 26.9. The SMILES string of the molecule is CC(C)CC(=O)N1C[C@H](S(=O)(=O)c2ccc(OCC(F)(F)F)cc2Cl)C[C@@H]1OC(=O)NC1(C#N)CC1. The maximum atomic E-state index is 13.3. The van der Waals surface area contributed by atoms with Crippen molar-refractivity contribution < 1.29 is 40.7 Å². The molecule has 2 aliphatic rings. The van der Waals surface area contributed by atoms with Gasteiger partial charge in [0.25, 0.3) is 0 Å². The van der Waals surface area contributed by atoms with Gasteiger partial charge >= 0.3 is 12.3 Å². The molecule has 3 rings (SSSR count). The smallest absolute Gasteiger partial charge is 0.422 e. The number of sulfone groups is 1. The lowest BCUT2D eigenvalue weighted by Crippen LogP contribution is -2.43. The lowest BCUT2D eigenvalue weighted by Gasteiger charge is -2.25. The molecule has 1 aromatic rings. The fraction of sp³-hybridized carbons (Fsp3) is 0.591. The number of ether oxygens (including phenoxy) is 2. The molecule has 0 aromatic heterocycles. The Morgan fingerprint density at radius 3 is 2.53 bits per heavy atom. The molecule has 1 aliphatic heterocycles. The van der Waals surface area contributed by atoms with Gasteiger partial charge in [-0.25, -0.2) is 13.2 Å². The number of likely N-dealkylation sites (tertiary alicyclic amines) is 1. The Balaban J connectivity index is 1.79. The maximum Gasteiger partial charge on any atom is 0.422 e. The number of carbonyl (C=O) groups is 2. The number of nitrogens with one attached hydrogen (secondary N) is 1. The Bertz CT molecular complexity index is 1160. The minimum atomic E-state index is -4.58. The van der Waals surface area contributed by atoms with Gasteiger partial charge in [-0.3, -0.25) is 4.79 Å². The molecule has 1 aliphatic carbocycles. The summed E-state index contributed by atoms with van der Waals surface area (Å²) in [5.74, 6) is -0.723. The van der Waals surface area contributed by atoms with Crippen LogP contribution in [0.5, 0.6) is 5.75 Å². The molecule has 14 heteroatoms. The summed E-state index contributed by atoms with van der Waals surface area (Å²) < 4.78 is 73.8. The van der Waals surface area contributed by atoms with E-state index in [1.165, 1.54) is 4.90 Å². The van der Waals surface area contributed by atoms with E-state index in [0.717, 1.165) is 18.2 Å². The zero-order valence-corrected chi connectivity index (χ0v) is 21.0. The molecule has 0 spiro atoms. The lowest BCUT2D eigenvalue weighted by molar-refractivity contribution is -0.153. The van der Waals surface area contributed by atoms with E-state index in [1.54, 1.807) is 13.8 Å². The molecule has 0 bridgehead atoms. The molecule has 36 heavy (non-hydrogen) atoms. The largest absolute Gasteiger partial charge is 0.484 e. The first-order valence-electron chi connectivity index (χ1n) is 11.1. The number of hydrogen-bond acceptors (Lipinski definition) is 7. The summed E-state index contributed by atoms with van der Waals surface area (Å²) in [5.41, 5.74) is -1.02. The number of rotatable bonds is 8. The molecule has 1 aromatic carbocycles. The van der Waals surface area contributed by atoms with Crippen molar-refractivity contribution in [2.45, 2.75) is 67.6 Å². The van der Waals surface area contributed by atoms with E-state index in [9.17, 15) is 31.2 Å². The van der Waals surface area contributed by atoms with Crippen LogP contribution in [-0.4, -0.2) is 61.7 Å². The van der Waals surface area contributed by atoms with E-state index in [2.05, 4.69) is 10.1 Å². The molecule has 2 fully saturated rings. The highest BCUT2D eigenvalue weighted by atomic mass is 35.5. The fourth-order valence-electron chi connectivity index (χ4n) is 3.71. The van der Waals surface area contributed by atoms with Crippen LogP contribution in [0.15, 0.2) is 23.1 Å². The van der Waals surface area contributed by atoms with E-state index < -0.39 is 51.6 Å². The average molecular weight is 552 g/mol. The van der Waals surface area contributed by atoms with Crippen molar-refractivity contribution in [3.63, 3.8) is 0 Å². The number of nitriles is 1. The summed E-state index contributed by atoms with van der Waals surface area (Å²) in [5, 5.41) is 10.1. The highest BCUT2D eigenvalue weighted by Crippen LogP contribution is 2.36. The first-order chi connectivity index (χ1) is 16.7. The Hall–Kier alpha value is -2.72. The van der Waals surface area contributed by atoms with Gasteiger partial charge in [0.05, 0.1) is 21.2 Å². The van der Waals surface area contributed by atoms with Crippen LogP contribution >= 0.6 is 11.6 Å². The van der Waals surface area contributed by atoms with Gasteiger partial charge in [0, 0.05) is 25.5 Å². The number of benzene rings is 1. The Morgan fingerprint density at radius 2 is 2.00 bits per heavy atom. The van der Waals surface area contributed by atoms with E-state index in [-0.39, 0.29) is 41.0 Å². The van der Waals surface area contributed by atoms with Crippen LogP contribution < -0.4 is 10.1 Å². The van der Waals surface area contributed by atoms with Gasteiger partial charge in [0.2, 0.25) is 5.91 Å². The van der Waals surface area contributed by atoms with Crippen molar-refractivity contribution in [1.82, 2.24) is 10.2 Å². The number of alkyl carbamates (subject to hydrolysis) is 1. The molecule has 198 valence electrons. The summed E-state index contributed by atoms with van der Waals surface area (Å²) >= 11 is 6.08. The molecule has 1 saturated heterocycles. The first kappa shape index (κ1) is 27.9. The van der Waals surface area contributed by atoms with Crippen molar-refractivity contribution in [3.8, 4) is 11.8 Å². The van der Waals surface area contributed by atoms with Gasteiger partial charge in [0.1, 0.15) is 11.3 Å². The van der Waals surface area contributed by atoms with Gasteiger partial charge in [-0.2, -0.15) is 18.4 Å². The Kier molecular flexibility index (Phi) is 8.00. The summed E-state index contributed by atoms with van der Waals surface area (Å²) in [6, 6.07) is 5.03. The maximum absolute atomic E-state index is 13.3. The van der Waals surface area contributed by atoms with Gasteiger partial charge in [-0.1, -0.05) is 25.4 Å². The van der Waals surface area contributed by atoms with Gasteiger partial charge in [-0.15, -0.1) is 0 Å². The van der Waals surface area contributed by atoms with Crippen LogP contribution in [-0.2, 0) is 19.4 Å². The van der Waals surface area contributed by atoms with E-state index in [1.807, 2.05) is 6.07 Å². The van der Waals surface area contributed by atoms with Crippen LogP contribution in [0.4, 0.5) is 18.0 Å². The Labute approximate surface area is 211 Å². The van der Waals surface area contributed by atoms with Crippen molar-refractivity contribution in [1.29, 1.82) is 5.26 Å². The molecular formula is C22H25ClF3N3O6S. The predicted molar refractivity (Wildman–Crippen MR) is 121 cm³/mol. The predicted octanol–water partition coefficient (Wildman–Crippen LogP) is 3.81. The zero-order valence-electron chi connectivity index (χ0n) is 19.5. The molecule has 1 heterocycles. The molecule has 2 amide bonds. The molecule has 0 unspecified atom stereocenters. The van der Waals surface area contributed by atoms with Gasteiger partial charge in [-0.05, 0) is 30.9 Å². The highest BCUT2D eigenvalue weighted by Gasteiger charge is 2.48. The summed E-state index contributed by atoms with van der Waals surface area (Å²) in [7, 11) is -4.19. The number of hydrogen-bond donors (Lipinski definition) is 1. The minimum Gasteiger partial charge on any atom is -0.484 e.